The molecule has 2 aromatic rings. The molecule has 0 saturated heterocycles. The standard InChI is InChI=1S/C15H21N3S/c1-11(16-10-14-18-17-12(2)19-14)15(3,4)13-8-6-5-7-9-13/h5-9,11,16H,10H2,1-4H3. The van der Waals surface area contributed by atoms with Crippen molar-refractivity contribution in [2.45, 2.75) is 45.7 Å². The monoisotopic (exact) mass is 275 g/mol. The molecule has 102 valence electrons. The largest absolute Gasteiger partial charge is 0.307 e. The average molecular weight is 275 g/mol. The minimum atomic E-state index is 0.0843. The molecule has 1 aromatic heterocycles. The van der Waals surface area contributed by atoms with E-state index >= 15 is 0 Å². The highest BCUT2D eigenvalue weighted by Gasteiger charge is 2.27. The lowest BCUT2D eigenvalue weighted by molar-refractivity contribution is 0.360. The maximum Gasteiger partial charge on any atom is 0.131 e. The summed E-state index contributed by atoms with van der Waals surface area (Å²) in [5.41, 5.74) is 1.43. The first-order valence-corrected chi connectivity index (χ1v) is 7.39. The zero-order valence-corrected chi connectivity index (χ0v) is 12.8. The van der Waals surface area contributed by atoms with Gasteiger partial charge in [0.05, 0.1) is 0 Å². The van der Waals surface area contributed by atoms with Crippen LogP contribution in [0.3, 0.4) is 0 Å². The number of nitrogens with one attached hydrogen (secondary N) is 1. The Hall–Kier alpha value is -1.26. The van der Waals surface area contributed by atoms with E-state index in [2.05, 4.69) is 66.6 Å². The maximum absolute atomic E-state index is 4.15. The van der Waals surface area contributed by atoms with Gasteiger partial charge in [-0.2, -0.15) is 0 Å². The quantitative estimate of drug-likeness (QED) is 0.910. The molecule has 0 aliphatic rings. The lowest BCUT2D eigenvalue weighted by Crippen LogP contribution is -2.42. The molecule has 1 N–H and O–H groups in total. The van der Waals surface area contributed by atoms with E-state index in [1.165, 1.54) is 5.56 Å². The molecule has 2 rings (SSSR count). The van der Waals surface area contributed by atoms with Crippen LogP contribution in [0.25, 0.3) is 0 Å². The van der Waals surface area contributed by atoms with Gasteiger partial charge in [0.15, 0.2) is 0 Å². The Labute approximate surface area is 119 Å². The Morgan fingerprint density at radius 1 is 1.21 bits per heavy atom. The molecule has 0 amide bonds. The van der Waals surface area contributed by atoms with Crippen molar-refractivity contribution in [3.63, 3.8) is 0 Å². The second-order valence-electron chi connectivity index (χ2n) is 5.41. The fraction of sp³-hybridized carbons (Fsp3) is 0.467. The van der Waals surface area contributed by atoms with E-state index < -0.39 is 0 Å². The van der Waals surface area contributed by atoms with E-state index in [0.29, 0.717) is 6.04 Å². The molecule has 0 aliphatic heterocycles. The Balaban J connectivity index is 2.01. The number of hydrogen-bond acceptors (Lipinski definition) is 4. The van der Waals surface area contributed by atoms with Gasteiger partial charge in [-0.25, -0.2) is 0 Å². The molecule has 4 heteroatoms. The highest BCUT2D eigenvalue weighted by atomic mass is 32.1. The second-order valence-corrected chi connectivity index (χ2v) is 6.67. The zero-order chi connectivity index (χ0) is 13.9. The van der Waals surface area contributed by atoms with Crippen molar-refractivity contribution in [3.8, 4) is 0 Å². The summed E-state index contributed by atoms with van der Waals surface area (Å²) in [4.78, 5) is 0. The number of nitrogens with zero attached hydrogens (tertiary/aromatic N) is 2. The second kappa shape index (κ2) is 5.80. The molecule has 0 radical (unpaired) electrons. The number of aryl methyl sites for hydroxylation is 1. The van der Waals surface area contributed by atoms with Gasteiger partial charge in [0.25, 0.3) is 0 Å². The maximum atomic E-state index is 4.15. The average Bonchev–Trinajstić information content (AvgIpc) is 2.82. The molecular weight excluding hydrogens is 254 g/mol. The van der Waals surface area contributed by atoms with Crippen LogP contribution in [-0.2, 0) is 12.0 Å². The minimum absolute atomic E-state index is 0.0843. The van der Waals surface area contributed by atoms with Crippen molar-refractivity contribution in [3.05, 3.63) is 45.9 Å². The Morgan fingerprint density at radius 2 is 1.89 bits per heavy atom. The van der Waals surface area contributed by atoms with Gasteiger partial charge in [0.1, 0.15) is 10.0 Å². The van der Waals surface area contributed by atoms with Crippen LogP contribution in [0.4, 0.5) is 0 Å². The van der Waals surface area contributed by atoms with E-state index in [1.807, 2.05) is 6.92 Å². The van der Waals surface area contributed by atoms with Crippen molar-refractivity contribution >= 4 is 11.3 Å². The molecule has 0 bridgehead atoms. The molecule has 1 aromatic carbocycles. The molecule has 0 aliphatic carbocycles. The first-order valence-electron chi connectivity index (χ1n) is 6.58. The molecule has 3 nitrogen and oxygen atoms in total. The molecule has 0 spiro atoms. The summed E-state index contributed by atoms with van der Waals surface area (Å²) in [5, 5.41) is 13.8. The summed E-state index contributed by atoms with van der Waals surface area (Å²) < 4.78 is 0. The number of hydrogen-bond donors (Lipinski definition) is 1. The zero-order valence-electron chi connectivity index (χ0n) is 12.0. The van der Waals surface area contributed by atoms with Crippen LogP contribution in [0, 0.1) is 6.92 Å². The van der Waals surface area contributed by atoms with Gasteiger partial charge < -0.3 is 5.32 Å². The summed E-state index contributed by atoms with van der Waals surface area (Å²) in [6.45, 7) is 9.53. The van der Waals surface area contributed by atoms with Crippen molar-refractivity contribution < 1.29 is 0 Å². The van der Waals surface area contributed by atoms with Gasteiger partial charge in [-0.05, 0) is 19.4 Å². The first kappa shape index (κ1) is 14.2. The highest BCUT2D eigenvalue weighted by molar-refractivity contribution is 7.11. The van der Waals surface area contributed by atoms with E-state index in [-0.39, 0.29) is 5.41 Å². The molecule has 1 atom stereocenters. The normalized spacial score (nSPS) is 13.5. The highest BCUT2D eigenvalue weighted by Crippen LogP contribution is 2.27. The van der Waals surface area contributed by atoms with Gasteiger partial charge in [-0.1, -0.05) is 44.2 Å². The van der Waals surface area contributed by atoms with Gasteiger partial charge in [-0.15, -0.1) is 21.5 Å². The fourth-order valence-electron chi connectivity index (χ4n) is 2.02. The van der Waals surface area contributed by atoms with Crippen molar-refractivity contribution in [2.75, 3.05) is 0 Å². The van der Waals surface area contributed by atoms with E-state index in [1.54, 1.807) is 11.3 Å². The summed E-state index contributed by atoms with van der Waals surface area (Å²) in [6, 6.07) is 11.0. The van der Waals surface area contributed by atoms with Crippen molar-refractivity contribution in [2.24, 2.45) is 0 Å². The van der Waals surface area contributed by atoms with Crippen molar-refractivity contribution in [1.29, 1.82) is 0 Å². The van der Waals surface area contributed by atoms with Gasteiger partial charge >= 0.3 is 0 Å². The molecular formula is C15H21N3S. The van der Waals surface area contributed by atoms with Crippen LogP contribution in [0.5, 0.6) is 0 Å². The predicted molar refractivity (Wildman–Crippen MR) is 80.4 cm³/mol. The summed E-state index contributed by atoms with van der Waals surface area (Å²) >= 11 is 1.65. The lowest BCUT2D eigenvalue weighted by Gasteiger charge is -2.33. The predicted octanol–water partition coefficient (Wildman–Crippen LogP) is 3.30. The molecule has 1 unspecified atom stereocenters. The van der Waals surface area contributed by atoms with Crippen LogP contribution in [0.1, 0.15) is 36.3 Å². The molecule has 1 heterocycles. The Bertz CT molecular complexity index is 519. The smallest absolute Gasteiger partial charge is 0.131 e. The first-order chi connectivity index (χ1) is 9.00. The summed E-state index contributed by atoms with van der Waals surface area (Å²) in [7, 11) is 0. The number of benzene rings is 1. The van der Waals surface area contributed by atoms with Crippen LogP contribution in [0.15, 0.2) is 30.3 Å². The molecule has 0 fully saturated rings. The molecule has 19 heavy (non-hydrogen) atoms. The Kier molecular flexibility index (Phi) is 4.32. The molecule has 0 saturated carbocycles. The summed E-state index contributed by atoms with van der Waals surface area (Å²) in [5.74, 6) is 0. The van der Waals surface area contributed by atoms with E-state index in [4.69, 9.17) is 0 Å². The fourth-order valence-corrected chi connectivity index (χ4v) is 2.68. The SMILES string of the molecule is Cc1nnc(CNC(C)C(C)(C)c2ccccc2)s1. The van der Waals surface area contributed by atoms with Crippen LogP contribution in [-0.4, -0.2) is 16.2 Å². The van der Waals surface area contributed by atoms with E-state index in [9.17, 15) is 0 Å². The summed E-state index contributed by atoms with van der Waals surface area (Å²) in [6.07, 6.45) is 0. The topological polar surface area (TPSA) is 37.8 Å². The third kappa shape index (κ3) is 3.39. The van der Waals surface area contributed by atoms with Crippen molar-refractivity contribution in [1.82, 2.24) is 15.5 Å². The van der Waals surface area contributed by atoms with Gasteiger partial charge in [-0.3, -0.25) is 0 Å². The lowest BCUT2D eigenvalue weighted by atomic mass is 9.78. The Morgan fingerprint density at radius 3 is 2.47 bits per heavy atom. The van der Waals surface area contributed by atoms with Crippen LogP contribution in [0.2, 0.25) is 0 Å². The van der Waals surface area contributed by atoms with Gasteiger partial charge in [0, 0.05) is 18.0 Å². The van der Waals surface area contributed by atoms with Gasteiger partial charge in [0.2, 0.25) is 0 Å². The van der Waals surface area contributed by atoms with Crippen LogP contribution < -0.4 is 5.32 Å². The van der Waals surface area contributed by atoms with E-state index in [0.717, 1.165) is 16.6 Å². The minimum Gasteiger partial charge on any atom is -0.307 e. The third-order valence-corrected chi connectivity index (χ3v) is 4.57. The third-order valence-electron chi connectivity index (χ3n) is 3.73. The number of rotatable bonds is 5. The van der Waals surface area contributed by atoms with Crippen LogP contribution >= 0.6 is 11.3 Å². The number of aromatic nitrogens is 2.